The summed E-state index contributed by atoms with van der Waals surface area (Å²) in [5.74, 6) is -0.331. The predicted octanol–water partition coefficient (Wildman–Crippen LogP) is 3.56. The molecular formula is C23H27N3O4S2. The van der Waals surface area contributed by atoms with Crippen LogP contribution in [0.25, 0.3) is 0 Å². The molecule has 7 nitrogen and oxygen atoms in total. The number of nitrogens with one attached hydrogen (secondary N) is 1. The van der Waals surface area contributed by atoms with Crippen LogP contribution in [0.1, 0.15) is 30.4 Å². The number of rotatable bonds is 5. The molecule has 0 radical (unpaired) electrons. The number of hydrogen-bond acceptors (Lipinski definition) is 5. The fraction of sp³-hybridized carbons (Fsp3) is 0.391. The van der Waals surface area contributed by atoms with Crippen LogP contribution in [-0.2, 0) is 19.6 Å². The van der Waals surface area contributed by atoms with E-state index in [1.54, 1.807) is 12.1 Å². The number of amides is 2. The second-order valence-electron chi connectivity index (χ2n) is 8.23. The third kappa shape index (κ3) is 4.69. The Morgan fingerprint density at radius 3 is 2.56 bits per heavy atom. The van der Waals surface area contributed by atoms with Crippen LogP contribution in [-0.4, -0.2) is 49.9 Å². The first-order chi connectivity index (χ1) is 15.3. The molecule has 1 saturated heterocycles. The van der Waals surface area contributed by atoms with Gasteiger partial charge in [0.25, 0.3) is 0 Å². The maximum absolute atomic E-state index is 13.1. The van der Waals surface area contributed by atoms with Crippen molar-refractivity contribution in [3.8, 4) is 0 Å². The Morgan fingerprint density at radius 2 is 1.81 bits per heavy atom. The number of sulfonamides is 1. The van der Waals surface area contributed by atoms with Gasteiger partial charge in [-0.05, 0) is 62.1 Å². The zero-order chi connectivity index (χ0) is 22.9. The van der Waals surface area contributed by atoms with Crippen LogP contribution in [0.2, 0.25) is 0 Å². The smallest absolute Gasteiger partial charge is 0.244 e. The van der Waals surface area contributed by atoms with E-state index in [-0.39, 0.29) is 29.0 Å². The molecule has 4 rings (SSSR count). The summed E-state index contributed by atoms with van der Waals surface area (Å²) in [5.41, 5.74) is 3.13. The van der Waals surface area contributed by atoms with Crippen LogP contribution in [0.15, 0.2) is 46.2 Å². The first-order valence-electron chi connectivity index (χ1n) is 10.7. The van der Waals surface area contributed by atoms with Crippen molar-refractivity contribution in [3.05, 3.63) is 47.5 Å². The monoisotopic (exact) mass is 473 g/mol. The molecule has 0 aromatic heterocycles. The lowest BCUT2D eigenvalue weighted by Crippen LogP contribution is -2.41. The molecule has 2 aromatic carbocycles. The third-order valence-electron chi connectivity index (χ3n) is 5.80. The van der Waals surface area contributed by atoms with Gasteiger partial charge in [0.05, 0.1) is 16.3 Å². The fourth-order valence-electron chi connectivity index (χ4n) is 3.97. The van der Waals surface area contributed by atoms with E-state index >= 15 is 0 Å². The van der Waals surface area contributed by atoms with Crippen molar-refractivity contribution in [2.45, 2.75) is 42.9 Å². The van der Waals surface area contributed by atoms with Crippen molar-refractivity contribution in [2.24, 2.45) is 0 Å². The topological polar surface area (TPSA) is 86.8 Å². The fourth-order valence-corrected chi connectivity index (χ4v) is 6.43. The number of aryl methyl sites for hydroxylation is 2. The molecule has 2 aliphatic heterocycles. The van der Waals surface area contributed by atoms with Crippen molar-refractivity contribution in [1.29, 1.82) is 0 Å². The van der Waals surface area contributed by atoms with Crippen LogP contribution >= 0.6 is 11.8 Å². The second-order valence-corrected chi connectivity index (χ2v) is 11.2. The number of anilines is 2. The Balaban J connectivity index is 1.59. The highest BCUT2D eigenvalue weighted by atomic mass is 32.2. The molecule has 2 heterocycles. The van der Waals surface area contributed by atoms with E-state index in [1.807, 2.05) is 32.0 Å². The van der Waals surface area contributed by atoms with E-state index in [4.69, 9.17) is 0 Å². The Morgan fingerprint density at radius 1 is 1.06 bits per heavy atom. The minimum absolute atomic E-state index is 0.161. The van der Waals surface area contributed by atoms with Crippen LogP contribution in [0.5, 0.6) is 0 Å². The van der Waals surface area contributed by atoms with Gasteiger partial charge < -0.3 is 10.2 Å². The molecule has 2 aliphatic rings. The lowest BCUT2D eigenvalue weighted by molar-refractivity contribution is -0.120. The number of nitrogens with zero attached hydrogens (tertiary/aromatic N) is 2. The van der Waals surface area contributed by atoms with E-state index in [9.17, 15) is 18.0 Å². The molecule has 2 amide bonds. The Labute approximate surface area is 193 Å². The van der Waals surface area contributed by atoms with Crippen molar-refractivity contribution in [3.63, 3.8) is 0 Å². The maximum atomic E-state index is 13.1. The highest BCUT2D eigenvalue weighted by Crippen LogP contribution is 2.37. The molecule has 0 aliphatic carbocycles. The molecule has 0 unspecified atom stereocenters. The van der Waals surface area contributed by atoms with Gasteiger partial charge in [0.15, 0.2) is 0 Å². The summed E-state index contributed by atoms with van der Waals surface area (Å²) in [6.45, 7) is 4.70. The first-order valence-corrected chi connectivity index (χ1v) is 13.1. The SMILES string of the molecule is Cc1ccc(C)c(NC(=O)CN2C(=O)CSc3ccc(S(=O)(=O)N4CCCCC4)cc32)c1. The van der Waals surface area contributed by atoms with Gasteiger partial charge in [-0.15, -0.1) is 11.8 Å². The minimum atomic E-state index is -3.64. The molecule has 1 N–H and O–H groups in total. The summed E-state index contributed by atoms with van der Waals surface area (Å²) >= 11 is 1.36. The summed E-state index contributed by atoms with van der Waals surface area (Å²) in [6, 6.07) is 10.7. The number of piperidine rings is 1. The van der Waals surface area contributed by atoms with E-state index in [2.05, 4.69) is 5.32 Å². The molecule has 2 aromatic rings. The average molecular weight is 474 g/mol. The summed E-state index contributed by atoms with van der Waals surface area (Å²) in [7, 11) is -3.64. The zero-order valence-electron chi connectivity index (χ0n) is 18.3. The molecule has 0 atom stereocenters. The predicted molar refractivity (Wildman–Crippen MR) is 127 cm³/mol. The summed E-state index contributed by atoms with van der Waals surface area (Å²) in [5, 5.41) is 2.88. The van der Waals surface area contributed by atoms with Crippen LogP contribution < -0.4 is 10.2 Å². The normalized spacial score (nSPS) is 17.2. The number of carbonyl (C=O) groups is 2. The van der Waals surface area contributed by atoms with Gasteiger partial charge in [-0.1, -0.05) is 18.6 Å². The van der Waals surface area contributed by atoms with Gasteiger partial charge >= 0.3 is 0 Å². The van der Waals surface area contributed by atoms with E-state index in [0.29, 0.717) is 24.5 Å². The lowest BCUT2D eigenvalue weighted by Gasteiger charge is -2.30. The molecule has 9 heteroatoms. The van der Waals surface area contributed by atoms with Crippen molar-refractivity contribution in [2.75, 3.05) is 35.6 Å². The highest BCUT2D eigenvalue weighted by Gasteiger charge is 2.31. The molecule has 170 valence electrons. The number of fused-ring (bicyclic) bond motifs is 1. The number of carbonyl (C=O) groups excluding carboxylic acids is 2. The van der Waals surface area contributed by atoms with Crippen LogP contribution in [0.4, 0.5) is 11.4 Å². The van der Waals surface area contributed by atoms with E-state index < -0.39 is 10.0 Å². The van der Waals surface area contributed by atoms with Gasteiger partial charge in [0.1, 0.15) is 6.54 Å². The number of benzene rings is 2. The summed E-state index contributed by atoms with van der Waals surface area (Å²) in [4.78, 5) is 27.8. The van der Waals surface area contributed by atoms with E-state index in [0.717, 1.165) is 35.3 Å². The standard InChI is InChI=1S/C23H27N3O4S2/c1-16-6-7-17(2)19(12-16)24-22(27)14-26-20-13-18(8-9-21(20)31-15-23(26)28)32(29,30)25-10-4-3-5-11-25/h6-9,12-13H,3-5,10-11,14-15H2,1-2H3,(H,24,27). The van der Waals surface area contributed by atoms with Gasteiger partial charge in [0.2, 0.25) is 21.8 Å². The Bertz CT molecular complexity index is 1160. The average Bonchev–Trinajstić information content (AvgIpc) is 2.78. The van der Waals surface area contributed by atoms with Gasteiger partial charge in [-0.2, -0.15) is 4.31 Å². The Kier molecular flexibility index (Phi) is 6.60. The second kappa shape index (κ2) is 9.25. The molecule has 1 fully saturated rings. The largest absolute Gasteiger partial charge is 0.324 e. The number of thioether (sulfide) groups is 1. The van der Waals surface area contributed by atoms with Crippen molar-refractivity contribution in [1.82, 2.24) is 4.31 Å². The van der Waals surface area contributed by atoms with Gasteiger partial charge in [-0.25, -0.2) is 8.42 Å². The first kappa shape index (κ1) is 22.8. The van der Waals surface area contributed by atoms with Crippen LogP contribution in [0, 0.1) is 13.8 Å². The lowest BCUT2D eigenvalue weighted by atomic mass is 10.1. The highest BCUT2D eigenvalue weighted by molar-refractivity contribution is 8.00. The minimum Gasteiger partial charge on any atom is -0.324 e. The Hall–Kier alpha value is -2.36. The summed E-state index contributed by atoms with van der Waals surface area (Å²) in [6.07, 6.45) is 2.73. The van der Waals surface area contributed by atoms with Crippen LogP contribution in [0.3, 0.4) is 0 Å². The molecule has 32 heavy (non-hydrogen) atoms. The van der Waals surface area contributed by atoms with E-state index in [1.165, 1.54) is 27.0 Å². The number of hydrogen-bond donors (Lipinski definition) is 1. The third-order valence-corrected chi connectivity index (χ3v) is 8.74. The van der Waals surface area contributed by atoms with Gasteiger partial charge in [0, 0.05) is 23.7 Å². The van der Waals surface area contributed by atoms with Crippen molar-refractivity contribution >= 4 is 45.0 Å². The molecular weight excluding hydrogens is 446 g/mol. The maximum Gasteiger partial charge on any atom is 0.244 e. The van der Waals surface area contributed by atoms with Gasteiger partial charge in [-0.3, -0.25) is 9.59 Å². The molecule has 0 spiro atoms. The van der Waals surface area contributed by atoms with Crippen molar-refractivity contribution < 1.29 is 18.0 Å². The zero-order valence-corrected chi connectivity index (χ0v) is 19.9. The molecule has 0 bridgehead atoms. The molecule has 0 saturated carbocycles. The quantitative estimate of drug-likeness (QED) is 0.718. The summed E-state index contributed by atoms with van der Waals surface area (Å²) < 4.78 is 27.8.